The predicted octanol–water partition coefficient (Wildman–Crippen LogP) is 1.97. The Hall–Kier alpha value is -3.54. The van der Waals surface area contributed by atoms with Crippen LogP contribution in [0.15, 0.2) is 18.2 Å². The van der Waals surface area contributed by atoms with Gasteiger partial charge < -0.3 is 29.8 Å². The molecule has 5 rings (SSSR count). The lowest BCUT2D eigenvalue weighted by atomic mass is 10.0. The molecule has 0 radical (unpaired) electrons. The number of aryl methyl sites for hydroxylation is 1. The van der Waals surface area contributed by atoms with Crippen molar-refractivity contribution < 1.29 is 33.4 Å². The molecule has 0 spiro atoms. The molecule has 39 heavy (non-hydrogen) atoms. The van der Waals surface area contributed by atoms with Crippen molar-refractivity contribution in [2.24, 2.45) is 0 Å². The second-order valence-corrected chi connectivity index (χ2v) is 10.2. The highest BCUT2D eigenvalue weighted by Crippen LogP contribution is 2.35. The van der Waals surface area contributed by atoms with Crippen molar-refractivity contribution in [1.29, 1.82) is 0 Å². The summed E-state index contributed by atoms with van der Waals surface area (Å²) in [6, 6.07) is 4.14. The molecule has 0 aliphatic carbocycles. The Bertz CT molecular complexity index is 1310. The molecule has 3 aliphatic rings. The molecule has 10 nitrogen and oxygen atoms in total. The number of fused-ring (bicyclic) bond motifs is 2. The number of amides is 2. The monoisotopic (exact) mass is 540 g/mol. The van der Waals surface area contributed by atoms with E-state index in [2.05, 4.69) is 15.2 Å². The first kappa shape index (κ1) is 27.0. The molecule has 1 fully saturated rings. The zero-order valence-electron chi connectivity index (χ0n) is 22.1. The maximum absolute atomic E-state index is 13.9. The van der Waals surface area contributed by atoms with Crippen LogP contribution in [0.3, 0.4) is 0 Å². The Morgan fingerprint density at radius 3 is 2.74 bits per heavy atom. The standard InChI is InChI=1S/C28H33FN4O6/c1-16-24(13-21-20-12-18(29)5-6-22(20)31-26(21)35)30-23-4-3-7-33(27(36)25(16)23)15-19(39-28(37)17(2)34)14-32-8-10-38-11-9-32/h5-6,12-13,17,19,30,34H,3-4,7-11,14-15H2,1-2H3,(H,31,35)/b21-13-. The van der Waals surface area contributed by atoms with Gasteiger partial charge in [0.1, 0.15) is 18.0 Å². The molecule has 3 aliphatic heterocycles. The summed E-state index contributed by atoms with van der Waals surface area (Å²) >= 11 is 0. The number of benzene rings is 1. The third kappa shape index (κ3) is 5.75. The summed E-state index contributed by atoms with van der Waals surface area (Å²) in [5.74, 6) is -1.69. The maximum atomic E-state index is 13.9. The second-order valence-electron chi connectivity index (χ2n) is 10.2. The van der Waals surface area contributed by atoms with E-state index < -0.39 is 24.0 Å². The number of aliphatic hydroxyl groups is 1. The van der Waals surface area contributed by atoms with Gasteiger partial charge in [0.05, 0.1) is 30.9 Å². The van der Waals surface area contributed by atoms with Gasteiger partial charge in [0.15, 0.2) is 0 Å². The molecule has 2 amide bonds. The summed E-state index contributed by atoms with van der Waals surface area (Å²) in [6.07, 6.45) is 1.09. The van der Waals surface area contributed by atoms with Gasteiger partial charge in [0.2, 0.25) is 0 Å². The quantitative estimate of drug-likeness (QED) is 0.362. The molecule has 1 aromatic carbocycles. The number of esters is 1. The van der Waals surface area contributed by atoms with Gasteiger partial charge in [-0.1, -0.05) is 0 Å². The Kier molecular flexibility index (Phi) is 7.83. The van der Waals surface area contributed by atoms with Crippen molar-refractivity contribution in [2.45, 2.75) is 38.9 Å². The average Bonchev–Trinajstić information content (AvgIpc) is 3.32. The highest BCUT2D eigenvalue weighted by Gasteiger charge is 2.32. The molecule has 2 unspecified atom stereocenters. The van der Waals surface area contributed by atoms with Crippen molar-refractivity contribution >= 4 is 35.1 Å². The number of aromatic nitrogens is 1. The summed E-state index contributed by atoms with van der Waals surface area (Å²) in [7, 11) is 0. The van der Waals surface area contributed by atoms with Crippen LogP contribution in [0.4, 0.5) is 10.1 Å². The van der Waals surface area contributed by atoms with Crippen LogP contribution in [-0.4, -0.2) is 95.8 Å². The Morgan fingerprint density at radius 1 is 1.23 bits per heavy atom. The number of rotatable bonds is 7. The molecule has 2 atom stereocenters. The van der Waals surface area contributed by atoms with Crippen molar-refractivity contribution in [2.75, 3.05) is 51.3 Å². The molecule has 1 aromatic heterocycles. The normalized spacial score (nSPS) is 20.3. The summed E-state index contributed by atoms with van der Waals surface area (Å²) in [5.41, 5.74) is 3.95. The minimum Gasteiger partial charge on any atom is -0.457 e. The number of halogens is 1. The van der Waals surface area contributed by atoms with Gasteiger partial charge in [0.25, 0.3) is 11.8 Å². The number of nitrogens with one attached hydrogen (secondary N) is 2. The van der Waals surface area contributed by atoms with E-state index in [1.54, 1.807) is 11.0 Å². The Balaban J connectivity index is 1.40. The number of anilines is 1. The largest absolute Gasteiger partial charge is 0.457 e. The van der Waals surface area contributed by atoms with Gasteiger partial charge in [0, 0.05) is 48.8 Å². The van der Waals surface area contributed by atoms with Crippen LogP contribution in [-0.2, 0) is 25.5 Å². The smallest absolute Gasteiger partial charge is 0.335 e. The number of aromatic amines is 1. The van der Waals surface area contributed by atoms with Crippen molar-refractivity contribution in [3.05, 3.63) is 52.1 Å². The first-order valence-corrected chi connectivity index (χ1v) is 13.2. The topological polar surface area (TPSA) is 124 Å². The zero-order chi connectivity index (χ0) is 27.7. The summed E-state index contributed by atoms with van der Waals surface area (Å²) in [5, 5.41) is 12.5. The fraction of sp³-hybridized carbons (Fsp3) is 0.464. The van der Waals surface area contributed by atoms with Crippen molar-refractivity contribution in [3.8, 4) is 0 Å². The molecule has 1 saturated heterocycles. The predicted molar refractivity (Wildman–Crippen MR) is 141 cm³/mol. The van der Waals surface area contributed by atoms with Crippen LogP contribution in [0.5, 0.6) is 0 Å². The van der Waals surface area contributed by atoms with Crippen LogP contribution in [0.25, 0.3) is 11.6 Å². The maximum Gasteiger partial charge on any atom is 0.335 e. The summed E-state index contributed by atoms with van der Waals surface area (Å²) in [4.78, 5) is 45.8. The minimum absolute atomic E-state index is 0.185. The summed E-state index contributed by atoms with van der Waals surface area (Å²) in [6.45, 7) is 6.81. The van der Waals surface area contributed by atoms with Gasteiger partial charge in [-0.05, 0) is 56.5 Å². The molecule has 2 aromatic rings. The lowest BCUT2D eigenvalue weighted by Gasteiger charge is -2.33. The number of ether oxygens (including phenoxy) is 2. The first-order chi connectivity index (χ1) is 18.7. The van der Waals surface area contributed by atoms with E-state index in [0.29, 0.717) is 85.9 Å². The second kappa shape index (κ2) is 11.3. The van der Waals surface area contributed by atoms with Crippen LogP contribution in [0.1, 0.15) is 46.2 Å². The van der Waals surface area contributed by atoms with E-state index in [9.17, 15) is 23.9 Å². The van der Waals surface area contributed by atoms with Crippen LogP contribution >= 0.6 is 0 Å². The Morgan fingerprint density at radius 2 is 2.00 bits per heavy atom. The molecular weight excluding hydrogens is 507 g/mol. The van der Waals surface area contributed by atoms with Gasteiger partial charge in [-0.25, -0.2) is 9.18 Å². The molecule has 0 saturated carbocycles. The molecule has 4 heterocycles. The highest BCUT2D eigenvalue weighted by atomic mass is 19.1. The third-order valence-electron chi connectivity index (χ3n) is 7.39. The fourth-order valence-corrected chi connectivity index (χ4v) is 5.34. The number of carbonyl (C=O) groups excluding carboxylic acids is 3. The van der Waals surface area contributed by atoms with Gasteiger partial charge in [-0.2, -0.15) is 0 Å². The number of aliphatic hydroxyl groups excluding tert-OH is 1. The van der Waals surface area contributed by atoms with Crippen LogP contribution in [0.2, 0.25) is 0 Å². The lowest BCUT2D eigenvalue weighted by molar-refractivity contribution is -0.160. The molecular formula is C28H33FN4O6. The van der Waals surface area contributed by atoms with Gasteiger partial charge in [-0.15, -0.1) is 0 Å². The first-order valence-electron chi connectivity index (χ1n) is 13.2. The van der Waals surface area contributed by atoms with Crippen LogP contribution in [0, 0.1) is 12.7 Å². The average molecular weight is 541 g/mol. The van der Waals surface area contributed by atoms with E-state index >= 15 is 0 Å². The van der Waals surface area contributed by atoms with E-state index in [-0.39, 0.29) is 18.4 Å². The molecule has 0 bridgehead atoms. The Labute approximate surface area is 225 Å². The SMILES string of the molecule is Cc1c(/C=C2\C(=O)Nc3ccc(F)cc32)[nH]c2c1C(=O)N(CC(CN1CCOCC1)OC(=O)C(C)O)CCC2. The van der Waals surface area contributed by atoms with Gasteiger partial charge >= 0.3 is 5.97 Å². The number of carbonyl (C=O) groups is 3. The fourth-order valence-electron chi connectivity index (χ4n) is 5.34. The number of morpholine rings is 1. The number of H-pyrrole nitrogens is 1. The lowest BCUT2D eigenvalue weighted by Crippen LogP contribution is -2.48. The third-order valence-corrected chi connectivity index (χ3v) is 7.39. The minimum atomic E-state index is -1.27. The van der Waals surface area contributed by atoms with E-state index in [1.165, 1.54) is 25.1 Å². The van der Waals surface area contributed by atoms with E-state index in [4.69, 9.17) is 9.47 Å². The molecule has 11 heteroatoms. The zero-order valence-corrected chi connectivity index (χ0v) is 22.1. The molecule has 208 valence electrons. The number of hydrogen-bond acceptors (Lipinski definition) is 7. The summed E-state index contributed by atoms with van der Waals surface area (Å²) < 4.78 is 24.9. The number of hydrogen-bond donors (Lipinski definition) is 3. The molecule has 3 N–H and O–H groups in total. The number of nitrogens with zero attached hydrogens (tertiary/aromatic N) is 2. The van der Waals surface area contributed by atoms with Crippen molar-refractivity contribution in [1.82, 2.24) is 14.8 Å². The highest BCUT2D eigenvalue weighted by molar-refractivity contribution is 6.34. The van der Waals surface area contributed by atoms with E-state index in [1.807, 2.05) is 6.92 Å². The van der Waals surface area contributed by atoms with E-state index in [0.717, 1.165) is 5.69 Å². The van der Waals surface area contributed by atoms with Gasteiger partial charge in [-0.3, -0.25) is 14.5 Å². The van der Waals surface area contributed by atoms with Crippen molar-refractivity contribution in [3.63, 3.8) is 0 Å². The van der Waals surface area contributed by atoms with Crippen LogP contribution < -0.4 is 5.32 Å².